The lowest BCUT2D eigenvalue weighted by Gasteiger charge is -2.14. The lowest BCUT2D eigenvalue weighted by Crippen LogP contribution is -2.34. The van der Waals surface area contributed by atoms with E-state index in [4.69, 9.17) is 11.5 Å². The maximum absolute atomic E-state index is 12.4. The molecule has 4 N–H and O–H groups in total. The molecule has 1 aromatic heterocycles. The van der Waals surface area contributed by atoms with E-state index < -0.39 is 5.91 Å². The Morgan fingerprint density at radius 2 is 1.72 bits per heavy atom. The number of fused-ring (bicyclic) bond motifs is 1. The fourth-order valence-electron chi connectivity index (χ4n) is 3.01. The Bertz CT molecular complexity index is 836. The molecule has 0 spiro atoms. The number of nitrogens with zero attached hydrogens (tertiary/aromatic N) is 3. The summed E-state index contributed by atoms with van der Waals surface area (Å²) in [6, 6.07) is 6.67. The number of aromatic nitrogens is 2. The third kappa shape index (κ3) is 2.75. The van der Waals surface area contributed by atoms with Gasteiger partial charge in [0.25, 0.3) is 17.7 Å². The van der Waals surface area contributed by atoms with Crippen LogP contribution in [0.2, 0.25) is 0 Å². The maximum Gasteiger partial charge on any atom is 0.269 e. The lowest BCUT2D eigenvalue weighted by molar-refractivity contribution is 0.0647. The van der Waals surface area contributed by atoms with E-state index in [1.165, 1.54) is 4.68 Å². The molecule has 3 rings (SSSR count). The molecule has 1 aromatic carbocycles. The summed E-state index contributed by atoms with van der Waals surface area (Å²) in [5.41, 5.74) is 13.1. The van der Waals surface area contributed by atoms with E-state index in [0.717, 1.165) is 11.3 Å². The third-order valence-corrected chi connectivity index (χ3v) is 4.20. The highest BCUT2D eigenvalue weighted by molar-refractivity contribution is 6.21. The van der Waals surface area contributed by atoms with Crippen LogP contribution in [0.4, 0.5) is 5.69 Å². The van der Waals surface area contributed by atoms with Crippen molar-refractivity contribution in [1.82, 2.24) is 14.7 Å². The van der Waals surface area contributed by atoms with Crippen LogP contribution in [-0.4, -0.2) is 38.9 Å². The highest BCUT2D eigenvalue weighted by Gasteiger charge is 2.35. The Kier molecular flexibility index (Phi) is 4.26. The molecule has 0 fully saturated rings. The monoisotopic (exact) mass is 341 g/mol. The van der Waals surface area contributed by atoms with Gasteiger partial charge in [-0.15, -0.1) is 0 Å². The molecule has 0 aliphatic carbocycles. The molecule has 0 saturated carbocycles. The number of nitrogens with two attached hydrogens (primary N) is 2. The molecule has 1 aliphatic heterocycles. The van der Waals surface area contributed by atoms with Crippen molar-refractivity contribution in [3.05, 3.63) is 46.8 Å². The topological polar surface area (TPSA) is 124 Å². The van der Waals surface area contributed by atoms with Gasteiger partial charge in [0.15, 0.2) is 0 Å². The summed E-state index contributed by atoms with van der Waals surface area (Å²) in [6.45, 7) is 2.21. The van der Waals surface area contributed by atoms with Crippen molar-refractivity contribution in [2.24, 2.45) is 5.73 Å². The third-order valence-electron chi connectivity index (χ3n) is 4.20. The number of carbonyl (C=O) groups excluding carboxylic acids is 3. The number of hydrogen-bond acceptors (Lipinski definition) is 5. The normalized spacial score (nSPS) is 13.4. The van der Waals surface area contributed by atoms with Crippen LogP contribution in [0.3, 0.4) is 0 Å². The number of anilines is 1. The van der Waals surface area contributed by atoms with Crippen LogP contribution in [0.1, 0.15) is 50.2 Å². The molecule has 8 heteroatoms. The van der Waals surface area contributed by atoms with Gasteiger partial charge in [-0.1, -0.05) is 25.5 Å². The zero-order chi connectivity index (χ0) is 18.1. The summed E-state index contributed by atoms with van der Waals surface area (Å²) in [6.07, 6.45) is 1.43. The quantitative estimate of drug-likeness (QED) is 0.752. The van der Waals surface area contributed by atoms with Crippen LogP contribution in [-0.2, 0) is 13.0 Å². The van der Waals surface area contributed by atoms with Crippen molar-refractivity contribution in [2.75, 3.05) is 12.3 Å². The number of nitrogen functional groups attached to an aromatic ring is 1. The van der Waals surface area contributed by atoms with Gasteiger partial charge in [-0.05, 0) is 18.6 Å². The van der Waals surface area contributed by atoms with E-state index in [2.05, 4.69) is 5.10 Å². The summed E-state index contributed by atoms with van der Waals surface area (Å²) >= 11 is 0. The number of rotatable bonds is 6. The second-order valence-electron chi connectivity index (χ2n) is 5.85. The summed E-state index contributed by atoms with van der Waals surface area (Å²) in [5.74, 6) is -1.39. The highest BCUT2D eigenvalue weighted by Crippen LogP contribution is 2.23. The first kappa shape index (κ1) is 16.7. The lowest BCUT2D eigenvalue weighted by atomic mass is 10.1. The summed E-state index contributed by atoms with van der Waals surface area (Å²) in [7, 11) is 0. The smallest absolute Gasteiger partial charge is 0.269 e. The molecule has 25 heavy (non-hydrogen) atoms. The minimum Gasteiger partial charge on any atom is -0.395 e. The molecular formula is C17H19N5O3. The van der Waals surface area contributed by atoms with Crippen LogP contribution in [0.15, 0.2) is 24.3 Å². The van der Waals surface area contributed by atoms with E-state index in [-0.39, 0.29) is 36.3 Å². The van der Waals surface area contributed by atoms with Crippen molar-refractivity contribution >= 4 is 23.4 Å². The van der Waals surface area contributed by atoms with E-state index in [9.17, 15) is 14.4 Å². The Balaban J connectivity index is 1.83. The Morgan fingerprint density at radius 1 is 1.12 bits per heavy atom. The zero-order valence-electron chi connectivity index (χ0n) is 13.9. The first-order valence-corrected chi connectivity index (χ1v) is 8.05. The zero-order valence-corrected chi connectivity index (χ0v) is 13.9. The van der Waals surface area contributed by atoms with Crippen LogP contribution >= 0.6 is 0 Å². The summed E-state index contributed by atoms with van der Waals surface area (Å²) in [4.78, 5) is 37.6. The van der Waals surface area contributed by atoms with Crippen LogP contribution in [0.25, 0.3) is 0 Å². The number of aryl methyl sites for hydroxylation is 1. The van der Waals surface area contributed by atoms with Gasteiger partial charge < -0.3 is 11.5 Å². The Hall–Kier alpha value is -3.16. The molecule has 0 unspecified atom stereocenters. The van der Waals surface area contributed by atoms with Crippen LogP contribution in [0, 0.1) is 0 Å². The minimum absolute atomic E-state index is 0.0827. The van der Waals surface area contributed by atoms with Crippen molar-refractivity contribution in [2.45, 2.75) is 26.3 Å². The maximum atomic E-state index is 12.4. The van der Waals surface area contributed by atoms with E-state index in [1.807, 2.05) is 6.92 Å². The first-order valence-electron chi connectivity index (χ1n) is 8.05. The predicted octanol–water partition coefficient (Wildman–Crippen LogP) is 0.813. The number of carbonyl (C=O) groups is 3. The molecule has 2 heterocycles. The van der Waals surface area contributed by atoms with Gasteiger partial charge >= 0.3 is 0 Å². The van der Waals surface area contributed by atoms with Crippen molar-refractivity contribution in [1.29, 1.82) is 0 Å². The molecule has 3 amide bonds. The van der Waals surface area contributed by atoms with Gasteiger partial charge in [0.2, 0.25) is 0 Å². The SMILES string of the molecule is CCCc1nn(CCN2C(=O)c3ccccc3C2=O)c(C(N)=O)c1N. The second-order valence-corrected chi connectivity index (χ2v) is 5.85. The van der Waals surface area contributed by atoms with Crippen molar-refractivity contribution in [3.8, 4) is 0 Å². The minimum atomic E-state index is -0.685. The largest absolute Gasteiger partial charge is 0.395 e. The fourth-order valence-corrected chi connectivity index (χ4v) is 3.01. The van der Waals surface area contributed by atoms with Gasteiger partial charge in [0.1, 0.15) is 5.69 Å². The number of benzene rings is 1. The fraction of sp³-hybridized carbons (Fsp3) is 0.294. The van der Waals surface area contributed by atoms with E-state index in [0.29, 0.717) is 23.2 Å². The average molecular weight is 341 g/mol. The first-order chi connectivity index (χ1) is 12.0. The van der Waals surface area contributed by atoms with Crippen molar-refractivity contribution < 1.29 is 14.4 Å². The highest BCUT2D eigenvalue weighted by atomic mass is 16.2. The van der Waals surface area contributed by atoms with E-state index >= 15 is 0 Å². The van der Waals surface area contributed by atoms with Crippen molar-refractivity contribution in [3.63, 3.8) is 0 Å². The molecule has 1 aliphatic rings. The van der Waals surface area contributed by atoms with Gasteiger partial charge in [0, 0.05) is 6.54 Å². The van der Waals surface area contributed by atoms with Gasteiger partial charge in [0.05, 0.1) is 29.1 Å². The predicted molar refractivity (Wildman–Crippen MR) is 91.0 cm³/mol. The molecule has 0 saturated heterocycles. The summed E-state index contributed by atoms with van der Waals surface area (Å²) < 4.78 is 1.38. The number of imide groups is 1. The molecule has 130 valence electrons. The molecule has 0 bridgehead atoms. The second kappa shape index (κ2) is 6.39. The Morgan fingerprint density at radius 3 is 2.24 bits per heavy atom. The van der Waals surface area contributed by atoms with Gasteiger partial charge in [-0.25, -0.2) is 0 Å². The van der Waals surface area contributed by atoms with Gasteiger partial charge in [-0.2, -0.15) is 5.10 Å². The average Bonchev–Trinajstić information content (AvgIpc) is 3.02. The molecular weight excluding hydrogens is 322 g/mol. The number of amides is 3. The molecule has 8 nitrogen and oxygen atoms in total. The summed E-state index contributed by atoms with van der Waals surface area (Å²) in [5, 5.41) is 4.32. The van der Waals surface area contributed by atoms with Crippen LogP contribution < -0.4 is 11.5 Å². The van der Waals surface area contributed by atoms with Crippen LogP contribution in [0.5, 0.6) is 0 Å². The standard InChI is InChI=1S/C17H19N5O3/c1-2-5-12-13(18)14(15(19)23)22(20-12)9-8-21-16(24)10-6-3-4-7-11(10)17(21)25/h3-4,6-7H,2,5,8-9,18H2,1H3,(H2,19,23). The van der Waals surface area contributed by atoms with Gasteiger partial charge in [-0.3, -0.25) is 24.0 Å². The van der Waals surface area contributed by atoms with E-state index in [1.54, 1.807) is 24.3 Å². The molecule has 2 aromatic rings. The molecule has 0 atom stereocenters. The molecule has 0 radical (unpaired) electrons. The number of primary amides is 1. The Labute approximate surface area is 144 Å². The number of hydrogen-bond donors (Lipinski definition) is 2.